The minimum Gasteiger partial charge on any atom is -0.275 e. The number of urea groups is 1. The Kier molecular flexibility index (Phi) is 2.61. The van der Waals surface area contributed by atoms with Crippen molar-refractivity contribution in [1.82, 2.24) is 15.8 Å². The smallest absolute Gasteiger partial charge is 0.275 e. The summed E-state index contributed by atoms with van der Waals surface area (Å²) in [5, 5.41) is 4.82. The molecule has 1 fully saturated rings. The van der Waals surface area contributed by atoms with Crippen molar-refractivity contribution in [2.45, 2.75) is 6.92 Å². The highest BCUT2D eigenvalue weighted by atomic mass is 32.1. The van der Waals surface area contributed by atoms with Crippen LogP contribution in [-0.2, 0) is 4.79 Å². The third-order valence-electron chi connectivity index (χ3n) is 2.10. The van der Waals surface area contributed by atoms with Gasteiger partial charge in [-0.3, -0.25) is 20.3 Å². The predicted molar refractivity (Wildman–Crippen MR) is 56.8 cm³/mol. The lowest BCUT2D eigenvalue weighted by atomic mass is 10.3. The first-order valence-electron chi connectivity index (χ1n) is 4.54. The summed E-state index contributed by atoms with van der Waals surface area (Å²) in [6.45, 7) is 1.66. The van der Waals surface area contributed by atoms with Crippen molar-refractivity contribution >= 4 is 29.2 Å². The van der Waals surface area contributed by atoms with E-state index in [9.17, 15) is 14.4 Å². The Hall–Kier alpha value is -1.89. The maximum atomic E-state index is 11.7. The molecule has 0 radical (unpaired) electrons. The number of nitrogens with zero attached hydrogens (tertiary/aromatic N) is 1. The fourth-order valence-electron chi connectivity index (χ4n) is 1.31. The van der Waals surface area contributed by atoms with Gasteiger partial charge in [0.25, 0.3) is 5.91 Å². The second-order valence-corrected chi connectivity index (χ2v) is 4.23. The molecule has 6 nitrogen and oxygen atoms in total. The maximum Gasteiger partial charge on any atom is 0.343 e. The van der Waals surface area contributed by atoms with Crippen molar-refractivity contribution in [2.24, 2.45) is 0 Å². The minimum absolute atomic E-state index is 0.144. The number of aryl methyl sites for hydroxylation is 1. The molecule has 2 rings (SSSR count). The zero-order chi connectivity index (χ0) is 11.7. The molecule has 0 unspecified atom stereocenters. The molecule has 16 heavy (non-hydrogen) atoms. The summed E-state index contributed by atoms with van der Waals surface area (Å²) >= 11 is 1.29. The molecule has 0 atom stereocenters. The Morgan fingerprint density at radius 3 is 2.81 bits per heavy atom. The molecule has 0 aromatic carbocycles. The van der Waals surface area contributed by atoms with Crippen LogP contribution in [0.2, 0.25) is 0 Å². The molecule has 1 aromatic rings. The number of rotatable bonds is 2. The fraction of sp³-hybridized carbons (Fsp3) is 0.222. The van der Waals surface area contributed by atoms with E-state index in [1.54, 1.807) is 12.3 Å². The third-order valence-corrected chi connectivity index (χ3v) is 3.11. The largest absolute Gasteiger partial charge is 0.343 e. The Balaban J connectivity index is 2.06. The number of hydrogen-bond donors (Lipinski definition) is 2. The van der Waals surface area contributed by atoms with Gasteiger partial charge in [0.1, 0.15) is 6.54 Å². The molecule has 0 bridgehead atoms. The molecule has 0 spiro atoms. The first kappa shape index (κ1) is 10.6. The third kappa shape index (κ3) is 1.89. The summed E-state index contributed by atoms with van der Waals surface area (Å²) in [7, 11) is 0. The van der Waals surface area contributed by atoms with Crippen LogP contribution in [-0.4, -0.2) is 29.4 Å². The number of nitrogens with one attached hydrogen (secondary N) is 2. The second-order valence-electron chi connectivity index (χ2n) is 3.31. The van der Waals surface area contributed by atoms with Gasteiger partial charge >= 0.3 is 6.03 Å². The minimum atomic E-state index is -0.604. The molecule has 1 saturated heterocycles. The molecule has 2 heterocycles. The van der Waals surface area contributed by atoms with Gasteiger partial charge in [-0.05, 0) is 23.9 Å². The van der Waals surface area contributed by atoms with Gasteiger partial charge in [-0.25, -0.2) is 9.80 Å². The van der Waals surface area contributed by atoms with Crippen LogP contribution in [0.4, 0.5) is 4.79 Å². The molecule has 1 aliphatic heterocycles. The van der Waals surface area contributed by atoms with Crippen molar-refractivity contribution in [3.8, 4) is 0 Å². The lowest BCUT2D eigenvalue weighted by Crippen LogP contribution is -2.44. The number of imide groups is 1. The molecule has 1 aliphatic rings. The summed E-state index contributed by atoms with van der Waals surface area (Å²) in [5.41, 5.74) is 3.22. The van der Waals surface area contributed by atoms with Crippen LogP contribution in [0, 0.1) is 6.92 Å². The Morgan fingerprint density at radius 1 is 1.56 bits per heavy atom. The molecular formula is C9H9N3O3S. The van der Waals surface area contributed by atoms with E-state index >= 15 is 0 Å². The monoisotopic (exact) mass is 239 g/mol. The molecule has 4 amide bonds. The van der Waals surface area contributed by atoms with Gasteiger partial charge in [0.15, 0.2) is 0 Å². The summed E-state index contributed by atoms with van der Waals surface area (Å²) in [5.74, 6) is -0.800. The average Bonchev–Trinajstić information content (AvgIpc) is 2.74. The van der Waals surface area contributed by atoms with Gasteiger partial charge in [-0.2, -0.15) is 0 Å². The van der Waals surface area contributed by atoms with E-state index in [4.69, 9.17) is 0 Å². The Morgan fingerprint density at radius 2 is 2.31 bits per heavy atom. The molecule has 1 aromatic heterocycles. The summed E-state index contributed by atoms with van der Waals surface area (Å²) in [6, 6.07) is 1.21. The molecular weight excluding hydrogens is 230 g/mol. The summed E-state index contributed by atoms with van der Waals surface area (Å²) in [4.78, 5) is 34.3. The van der Waals surface area contributed by atoms with Crippen LogP contribution in [0.25, 0.3) is 0 Å². The second kappa shape index (κ2) is 3.93. The summed E-state index contributed by atoms with van der Waals surface area (Å²) < 4.78 is 0. The molecule has 2 N–H and O–H groups in total. The highest BCUT2D eigenvalue weighted by Gasteiger charge is 2.28. The van der Waals surface area contributed by atoms with Crippen LogP contribution >= 0.6 is 11.3 Å². The van der Waals surface area contributed by atoms with E-state index in [0.29, 0.717) is 4.88 Å². The first-order chi connectivity index (χ1) is 7.58. The van der Waals surface area contributed by atoms with Crippen molar-refractivity contribution in [3.63, 3.8) is 0 Å². The van der Waals surface area contributed by atoms with Crippen molar-refractivity contribution in [1.29, 1.82) is 0 Å². The van der Waals surface area contributed by atoms with E-state index in [0.717, 1.165) is 10.6 Å². The van der Waals surface area contributed by atoms with Crippen LogP contribution in [0.15, 0.2) is 11.4 Å². The number of carbonyl (C=O) groups excluding carboxylic acids is 3. The zero-order valence-electron chi connectivity index (χ0n) is 8.44. The zero-order valence-corrected chi connectivity index (χ0v) is 9.26. The van der Waals surface area contributed by atoms with Crippen molar-refractivity contribution in [2.75, 3.05) is 6.54 Å². The van der Waals surface area contributed by atoms with Crippen LogP contribution in [0.5, 0.6) is 0 Å². The highest BCUT2D eigenvalue weighted by molar-refractivity contribution is 7.12. The number of carbonyl (C=O) groups is 3. The van der Waals surface area contributed by atoms with Gasteiger partial charge in [0.2, 0.25) is 5.91 Å². The fourth-order valence-corrected chi connectivity index (χ4v) is 2.13. The normalized spacial score (nSPS) is 15.2. The van der Waals surface area contributed by atoms with Crippen molar-refractivity contribution < 1.29 is 14.4 Å². The van der Waals surface area contributed by atoms with Crippen LogP contribution < -0.4 is 10.7 Å². The van der Waals surface area contributed by atoms with E-state index < -0.39 is 11.9 Å². The standard InChI is InChI=1S/C9H9N3O3S/c1-5-2-3-16-7(5)8(14)11-12-4-6(13)10-9(12)15/h2-3H,4H2,1H3,(H,11,14)(H,10,13,15). The lowest BCUT2D eigenvalue weighted by molar-refractivity contribution is -0.118. The van der Waals surface area contributed by atoms with E-state index in [-0.39, 0.29) is 12.5 Å². The quantitative estimate of drug-likeness (QED) is 0.726. The van der Waals surface area contributed by atoms with Crippen LogP contribution in [0.3, 0.4) is 0 Å². The maximum absolute atomic E-state index is 11.7. The number of hydrazine groups is 1. The molecule has 7 heteroatoms. The highest BCUT2D eigenvalue weighted by Crippen LogP contribution is 2.15. The Bertz CT molecular complexity index is 468. The van der Waals surface area contributed by atoms with Gasteiger partial charge in [-0.15, -0.1) is 11.3 Å². The first-order valence-corrected chi connectivity index (χ1v) is 5.42. The predicted octanol–water partition coefficient (Wildman–Crippen LogP) is 0.253. The van der Waals surface area contributed by atoms with E-state index in [1.807, 2.05) is 6.07 Å². The number of thiophene rings is 1. The Labute approximate surface area is 95.2 Å². The van der Waals surface area contributed by atoms with Crippen LogP contribution in [0.1, 0.15) is 15.2 Å². The topological polar surface area (TPSA) is 78.5 Å². The van der Waals surface area contributed by atoms with Gasteiger partial charge in [0, 0.05) is 0 Å². The SMILES string of the molecule is Cc1ccsc1C(=O)NN1CC(=O)NC1=O. The van der Waals surface area contributed by atoms with E-state index in [1.165, 1.54) is 11.3 Å². The van der Waals surface area contributed by atoms with Crippen molar-refractivity contribution in [3.05, 3.63) is 21.9 Å². The average molecular weight is 239 g/mol. The van der Waals surface area contributed by atoms with Gasteiger partial charge in [0.05, 0.1) is 4.88 Å². The lowest BCUT2D eigenvalue weighted by Gasteiger charge is -2.13. The summed E-state index contributed by atoms with van der Waals surface area (Å²) in [6.07, 6.45) is 0. The van der Waals surface area contributed by atoms with E-state index in [2.05, 4.69) is 10.7 Å². The number of hydrogen-bond acceptors (Lipinski definition) is 4. The molecule has 0 aliphatic carbocycles. The molecule has 0 saturated carbocycles. The van der Waals surface area contributed by atoms with Gasteiger partial charge < -0.3 is 0 Å². The van der Waals surface area contributed by atoms with Gasteiger partial charge in [-0.1, -0.05) is 0 Å². The molecule has 84 valence electrons. The number of amides is 4.